The fourth-order valence-electron chi connectivity index (χ4n) is 1.87. The van der Waals surface area contributed by atoms with Gasteiger partial charge in [-0.2, -0.15) is 0 Å². The molecule has 0 radical (unpaired) electrons. The lowest BCUT2D eigenvalue weighted by Crippen LogP contribution is -1.97. The number of nitrogen functional groups attached to an aromatic ring is 1. The van der Waals surface area contributed by atoms with Crippen LogP contribution >= 0.6 is 15.9 Å². The van der Waals surface area contributed by atoms with E-state index in [1.54, 1.807) is 0 Å². The fourth-order valence-corrected chi connectivity index (χ4v) is 2.29. The number of halogens is 1. The van der Waals surface area contributed by atoms with E-state index in [9.17, 15) is 0 Å². The monoisotopic (exact) mass is 314 g/mol. The van der Waals surface area contributed by atoms with Crippen LogP contribution in [-0.4, -0.2) is 10.2 Å². The molecule has 0 aliphatic carbocycles. The van der Waals surface area contributed by atoms with Gasteiger partial charge in [0.1, 0.15) is 4.60 Å². The zero-order valence-electron chi connectivity index (χ0n) is 9.97. The van der Waals surface area contributed by atoms with Gasteiger partial charge in [0.05, 0.1) is 0 Å². The highest BCUT2D eigenvalue weighted by molar-refractivity contribution is 9.10. The van der Waals surface area contributed by atoms with E-state index in [0.29, 0.717) is 0 Å². The second-order valence-corrected chi connectivity index (χ2v) is 4.88. The first-order chi connectivity index (χ1) is 9.24. The SMILES string of the molecule is Nc1ccc(Nc2nnc(Br)c3ccccc23)cc1. The van der Waals surface area contributed by atoms with Crippen molar-refractivity contribution in [3.8, 4) is 0 Å². The molecule has 0 aliphatic rings. The second-order valence-electron chi connectivity index (χ2n) is 4.13. The summed E-state index contributed by atoms with van der Waals surface area (Å²) in [5.74, 6) is 0.726. The molecule has 0 fully saturated rings. The Kier molecular flexibility index (Phi) is 3.05. The highest BCUT2D eigenvalue weighted by Gasteiger charge is 2.06. The minimum atomic E-state index is 0.726. The van der Waals surface area contributed by atoms with Crippen molar-refractivity contribution in [2.24, 2.45) is 0 Å². The van der Waals surface area contributed by atoms with Gasteiger partial charge in [0.25, 0.3) is 0 Å². The van der Waals surface area contributed by atoms with Crippen LogP contribution in [-0.2, 0) is 0 Å². The lowest BCUT2D eigenvalue weighted by Gasteiger charge is -2.09. The Hall–Kier alpha value is -2.14. The van der Waals surface area contributed by atoms with Gasteiger partial charge in [-0.05, 0) is 40.2 Å². The summed E-state index contributed by atoms with van der Waals surface area (Å²) >= 11 is 3.41. The Bertz CT molecular complexity index is 725. The van der Waals surface area contributed by atoms with Gasteiger partial charge >= 0.3 is 0 Å². The summed E-state index contributed by atoms with van der Waals surface area (Å²) in [6, 6.07) is 15.5. The van der Waals surface area contributed by atoms with E-state index in [0.717, 1.165) is 32.6 Å². The van der Waals surface area contributed by atoms with E-state index in [1.807, 2.05) is 48.5 Å². The number of nitrogens with zero attached hydrogens (tertiary/aromatic N) is 2. The molecule has 0 aliphatic heterocycles. The Labute approximate surface area is 118 Å². The van der Waals surface area contributed by atoms with Crippen LogP contribution in [0.1, 0.15) is 0 Å². The quantitative estimate of drug-likeness (QED) is 0.708. The number of fused-ring (bicyclic) bond motifs is 1. The number of nitrogens with one attached hydrogen (secondary N) is 1. The maximum atomic E-state index is 5.67. The zero-order chi connectivity index (χ0) is 13.2. The molecular weight excluding hydrogens is 304 g/mol. The Morgan fingerprint density at radius 1 is 0.895 bits per heavy atom. The van der Waals surface area contributed by atoms with Gasteiger partial charge in [0.2, 0.25) is 0 Å². The number of benzene rings is 2. The number of aromatic nitrogens is 2. The van der Waals surface area contributed by atoms with Crippen LogP contribution in [0.15, 0.2) is 53.1 Å². The van der Waals surface area contributed by atoms with E-state index in [2.05, 4.69) is 31.4 Å². The van der Waals surface area contributed by atoms with Crippen molar-refractivity contribution in [2.45, 2.75) is 0 Å². The molecular formula is C14H11BrN4. The van der Waals surface area contributed by atoms with Crippen molar-refractivity contribution in [1.82, 2.24) is 10.2 Å². The molecule has 1 heterocycles. The van der Waals surface area contributed by atoms with Crippen molar-refractivity contribution in [3.63, 3.8) is 0 Å². The van der Waals surface area contributed by atoms with Crippen molar-refractivity contribution in [1.29, 1.82) is 0 Å². The summed E-state index contributed by atoms with van der Waals surface area (Å²) in [6.07, 6.45) is 0. The summed E-state index contributed by atoms with van der Waals surface area (Å²) in [4.78, 5) is 0. The number of hydrogen-bond donors (Lipinski definition) is 2. The van der Waals surface area contributed by atoms with Crippen LogP contribution in [0, 0.1) is 0 Å². The zero-order valence-corrected chi connectivity index (χ0v) is 11.6. The van der Waals surface area contributed by atoms with E-state index in [-0.39, 0.29) is 0 Å². The van der Waals surface area contributed by atoms with Crippen LogP contribution in [0.2, 0.25) is 0 Å². The maximum absolute atomic E-state index is 5.67. The highest BCUT2D eigenvalue weighted by atomic mass is 79.9. The summed E-state index contributed by atoms with van der Waals surface area (Å²) in [7, 11) is 0. The van der Waals surface area contributed by atoms with Crippen molar-refractivity contribution < 1.29 is 0 Å². The summed E-state index contributed by atoms with van der Waals surface area (Å²) in [6.45, 7) is 0. The third kappa shape index (κ3) is 2.37. The van der Waals surface area contributed by atoms with Crippen LogP contribution in [0.3, 0.4) is 0 Å². The van der Waals surface area contributed by atoms with Gasteiger partial charge in [-0.25, -0.2) is 0 Å². The molecule has 0 atom stereocenters. The van der Waals surface area contributed by atoms with Gasteiger partial charge in [-0.3, -0.25) is 0 Å². The number of nitrogens with two attached hydrogens (primary N) is 1. The number of anilines is 3. The molecule has 0 saturated carbocycles. The van der Waals surface area contributed by atoms with Crippen LogP contribution in [0.25, 0.3) is 10.8 Å². The Morgan fingerprint density at radius 3 is 2.32 bits per heavy atom. The van der Waals surface area contributed by atoms with Crippen LogP contribution in [0.4, 0.5) is 17.2 Å². The van der Waals surface area contributed by atoms with Gasteiger partial charge in [-0.15, -0.1) is 10.2 Å². The first kappa shape index (κ1) is 11.9. The average Bonchev–Trinajstić information content (AvgIpc) is 2.45. The molecule has 5 heteroatoms. The third-order valence-corrected chi connectivity index (χ3v) is 3.40. The first-order valence-electron chi connectivity index (χ1n) is 5.77. The van der Waals surface area contributed by atoms with Gasteiger partial charge in [-0.1, -0.05) is 24.3 Å². The predicted molar refractivity (Wildman–Crippen MR) is 81.4 cm³/mol. The fraction of sp³-hybridized carbons (Fsp3) is 0. The molecule has 0 bridgehead atoms. The Balaban J connectivity index is 2.06. The maximum Gasteiger partial charge on any atom is 0.161 e. The standard InChI is InChI=1S/C14H11BrN4/c15-13-11-3-1-2-4-12(11)14(19-18-13)17-10-7-5-9(16)6-8-10/h1-8H,16H2,(H,17,19). The molecule has 0 spiro atoms. The molecule has 94 valence electrons. The predicted octanol–water partition coefficient (Wildman–Crippen LogP) is 3.72. The van der Waals surface area contributed by atoms with Crippen molar-refractivity contribution in [3.05, 3.63) is 53.1 Å². The molecule has 2 aromatic carbocycles. The molecule has 4 nitrogen and oxygen atoms in total. The molecule has 19 heavy (non-hydrogen) atoms. The minimum absolute atomic E-state index is 0.726. The van der Waals surface area contributed by atoms with Gasteiger partial charge in [0.15, 0.2) is 5.82 Å². The molecule has 3 rings (SSSR count). The molecule has 3 N–H and O–H groups in total. The number of rotatable bonds is 2. The lowest BCUT2D eigenvalue weighted by atomic mass is 10.2. The van der Waals surface area contributed by atoms with Gasteiger partial charge in [0, 0.05) is 22.1 Å². The Morgan fingerprint density at radius 2 is 1.58 bits per heavy atom. The minimum Gasteiger partial charge on any atom is -0.399 e. The first-order valence-corrected chi connectivity index (χ1v) is 6.57. The van der Waals surface area contributed by atoms with Crippen molar-refractivity contribution in [2.75, 3.05) is 11.1 Å². The topological polar surface area (TPSA) is 63.8 Å². The van der Waals surface area contributed by atoms with Crippen LogP contribution in [0.5, 0.6) is 0 Å². The summed E-state index contributed by atoms with van der Waals surface area (Å²) < 4.78 is 0.742. The van der Waals surface area contributed by atoms with Crippen molar-refractivity contribution >= 4 is 43.9 Å². The van der Waals surface area contributed by atoms with Crippen LogP contribution < -0.4 is 11.1 Å². The highest BCUT2D eigenvalue weighted by Crippen LogP contribution is 2.28. The van der Waals surface area contributed by atoms with E-state index in [4.69, 9.17) is 5.73 Å². The molecule has 3 aromatic rings. The van der Waals surface area contributed by atoms with Gasteiger partial charge < -0.3 is 11.1 Å². The molecule has 0 saturated heterocycles. The van der Waals surface area contributed by atoms with E-state index >= 15 is 0 Å². The molecule has 0 amide bonds. The average molecular weight is 315 g/mol. The normalized spacial score (nSPS) is 10.6. The molecule has 0 unspecified atom stereocenters. The third-order valence-electron chi connectivity index (χ3n) is 2.82. The van der Waals surface area contributed by atoms with E-state index < -0.39 is 0 Å². The second kappa shape index (κ2) is 4.85. The smallest absolute Gasteiger partial charge is 0.161 e. The summed E-state index contributed by atoms with van der Waals surface area (Å²) in [5.41, 5.74) is 7.33. The summed E-state index contributed by atoms with van der Waals surface area (Å²) in [5, 5.41) is 13.6. The number of hydrogen-bond acceptors (Lipinski definition) is 4. The lowest BCUT2D eigenvalue weighted by molar-refractivity contribution is 1.03. The van der Waals surface area contributed by atoms with E-state index in [1.165, 1.54) is 0 Å². The largest absolute Gasteiger partial charge is 0.399 e. The molecule has 1 aromatic heterocycles.